The smallest absolute Gasteiger partial charge is 0.251 e. The van der Waals surface area contributed by atoms with E-state index < -0.39 is 0 Å². The van der Waals surface area contributed by atoms with Crippen LogP contribution in [-0.2, 0) is 0 Å². The van der Waals surface area contributed by atoms with E-state index in [1.165, 1.54) is 0 Å². The van der Waals surface area contributed by atoms with Gasteiger partial charge < -0.3 is 15.0 Å². The summed E-state index contributed by atoms with van der Waals surface area (Å²) in [4.78, 5) is 18.8. The molecule has 2 fully saturated rings. The summed E-state index contributed by atoms with van der Waals surface area (Å²) in [7, 11) is 0. The number of nitriles is 1. The minimum absolute atomic E-state index is 0.0536. The van der Waals surface area contributed by atoms with Crippen molar-refractivity contribution in [1.29, 1.82) is 5.26 Å². The topological polar surface area (TPSA) is 78.3 Å². The normalized spacial score (nSPS) is 21.5. The Hall–Kier alpha value is -3.85. The predicted octanol–water partition coefficient (Wildman–Crippen LogP) is 4.21. The number of likely N-dealkylation sites (tertiary alicyclic amines) is 1. The summed E-state index contributed by atoms with van der Waals surface area (Å²) in [5.41, 5.74) is 2.46. The molecule has 5 rings (SSSR count). The zero-order chi connectivity index (χ0) is 21.2. The molecule has 1 N–H and O–H groups in total. The number of ether oxygens (including phenoxy) is 1. The van der Waals surface area contributed by atoms with Crippen molar-refractivity contribution in [3.05, 3.63) is 78.6 Å². The van der Waals surface area contributed by atoms with Gasteiger partial charge in [0.25, 0.3) is 5.91 Å². The van der Waals surface area contributed by atoms with Crippen molar-refractivity contribution < 1.29 is 9.53 Å². The fourth-order valence-electron chi connectivity index (χ4n) is 4.68. The van der Waals surface area contributed by atoms with Crippen LogP contribution >= 0.6 is 0 Å². The van der Waals surface area contributed by atoms with Crippen LogP contribution in [0.5, 0.6) is 11.5 Å². The minimum Gasteiger partial charge on any atom is -0.455 e. The van der Waals surface area contributed by atoms with Gasteiger partial charge in [-0.05, 0) is 54.7 Å². The lowest BCUT2D eigenvalue weighted by Gasteiger charge is -2.21. The molecule has 1 aromatic heterocycles. The summed E-state index contributed by atoms with van der Waals surface area (Å²) >= 11 is 0. The Morgan fingerprint density at radius 1 is 1.10 bits per heavy atom. The second-order valence-electron chi connectivity index (χ2n) is 8.02. The van der Waals surface area contributed by atoms with Crippen molar-refractivity contribution in [2.24, 2.45) is 5.92 Å². The Kier molecular flexibility index (Phi) is 5.01. The third-order valence-corrected chi connectivity index (χ3v) is 6.23. The number of piperidine rings is 1. The molecule has 2 unspecified atom stereocenters. The number of rotatable bonds is 5. The van der Waals surface area contributed by atoms with Crippen molar-refractivity contribution in [3.8, 4) is 28.8 Å². The highest BCUT2D eigenvalue weighted by atomic mass is 16.5. The van der Waals surface area contributed by atoms with Crippen LogP contribution in [0, 0.1) is 17.4 Å². The highest BCUT2D eigenvalue weighted by Crippen LogP contribution is 2.37. The van der Waals surface area contributed by atoms with E-state index in [-0.39, 0.29) is 18.0 Å². The molecule has 2 heterocycles. The number of hydrogen-bond acceptors (Lipinski definition) is 5. The molecule has 6 nitrogen and oxygen atoms in total. The largest absolute Gasteiger partial charge is 0.455 e. The molecule has 0 radical (unpaired) electrons. The molecule has 1 aliphatic heterocycles. The van der Waals surface area contributed by atoms with Crippen LogP contribution in [0.2, 0.25) is 0 Å². The van der Waals surface area contributed by atoms with E-state index in [4.69, 9.17) is 4.74 Å². The first-order valence-corrected chi connectivity index (χ1v) is 10.5. The maximum Gasteiger partial charge on any atom is 0.251 e. The van der Waals surface area contributed by atoms with Gasteiger partial charge in [0.2, 0.25) is 0 Å². The lowest BCUT2D eigenvalue weighted by atomic mass is 10.0. The van der Waals surface area contributed by atoms with E-state index in [1.807, 2.05) is 60.7 Å². The van der Waals surface area contributed by atoms with Crippen LogP contribution in [0.3, 0.4) is 0 Å². The third-order valence-electron chi connectivity index (χ3n) is 6.23. The molecular formula is C25H22N4O2. The summed E-state index contributed by atoms with van der Waals surface area (Å²) < 4.78 is 6.01. The summed E-state index contributed by atoms with van der Waals surface area (Å²) in [6, 6.07) is 19.2. The van der Waals surface area contributed by atoms with Gasteiger partial charge in [-0.2, -0.15) is 5.26 Å². The van der Waals surface area contributed by atoms with E-state index in [0.717, 1.165) is 36.3 Å². The van der Waals surface area contributed by atoms with E-state index in [2.05, 4.69) is 16.5 Å². The van der Waals surface area contributed by atoms with Gasteiger partial charge in [0.15, 0.2) is 11.9 Å². The number of para-hydroxylation sites is 1. The summed E-state index contributed by atoms with van der Waals surface area (Å²) in [6.45, 7) is 0.747. The molecule has 1 aliphatic carbocycles. The lowest BCUT2D eigenvalue weighted by molar-refractivity contribution is 0.0929. The van der Waals surface area contributed by atoms with Crippen LogP contribution in [0.1, 0.15) is 23.2 Å². The fourth-order valence-corrected chi connectivity index (χ4v) is 4.68. The van der Waals surface area contributed by atoms with Gasteiger partial charge in [-0.3, -0.25) is 9.78 Å². The number of carbonyl (C=O) groups excluding carboxylic acids is 1. The van der Waals surface area contributed by atoms with Gasteiger partial charge in [-0.1, -0.05) is 30.3 Å². The maximum atomic E-state index is 12.8. The number of nitrogens with zero attached hydrogens (tertiary/aromatic N) is 3. The molecule has 3 aromatic rings. The number of hydrogen-bond donors (Lipinski definition) is 1. The van der Waals surface area contributed by atoms with Crippen LogP contribution in [0.25, 0.3) is 11.1 Å². The highest BCUT2D eigenvalue weighted by Gasteiger charge is 2.47. The summed E-state index contributed by atoms with van der Waals surface area (Å²) in [5, 5.41) is 12.4. The van der Waals surface area contributed by atoms with Crippen LogP contribution in [0.15, 0.2) is 73.1 Å². The van der Waals surface area contributed by atoms with E-state index in [9.17, 15) is 10.1 Å². The molecule has 31 heavy (non-hydrogen) atoms. The fraction of sp³-hybridized carbons (Fsp3) is 0.240. The predicted molar refractivity (Wildman–Crippen MR) is 116 cm³/mol. The molecule has 6 heteroatoms. The minimum atomic E-state index is -0.0938. The van der Waals surface area contributed by atoms with Crippen molar-refractivity contribution in [3.63, 3.8) is 0 Å². The van der Waals surface area contributed by atoms with Crippen LogP contribution in [0.4, 0.5) is 0 Å². The summed E-state index contributed by atoms with van der Waals surface area (Å²) in [6.07, 6.45) is 7.71. The van der Waals surface area contributed by atoms with Crippen LogP contribution < -0.4 is 10.1 Å². The van der Waals surface area contributed by atoms with Crippen LogP contribution in [-0.4, -0.2) is 34.4 Å². The third kappa shape index (κ3) is 3.71. The second kappa shape index (κ2) is 8.11. The number of aromatic nitrogens is 1. The quantitative estimate of drug-likeness (QED) is 0.638. The molecule has 0 spiro atoms. The molecule has 1 amide bonds. The first kappa shape index (κ1) is 19.1. The lowest BCUT2D eigenvalue weighted by Crippen LogP contribution is -2.42. The summed E-state index contributed by atoms with van der Waals surface area (Å²) in [5.74, 6) is 1.67. The zero-order valence-corrected chi connectivity index (χ0v) is 16.9. The Morgan fingerprint density at radius 3 is 2.65 bits per heavy atom. The molecule has 3 atom stereocenters. The maximum absolute atomic E-state index is 12.8. The van der Waals surface area contributed by atoms with Gasteiger partial charge >= 0.3 is 0 Å². The van der Waals surface area contributed by atoms with Gasteiger partial charge in [-0.15, -0.1) is 0 Å². The number of pyridine rings is 1. The Morgan fingerprint density at radius 2 is 1.90 bits per heavy atom. The zero-order valence-electron chi connectivity index (χ0n) is 16.9. The van der Waals surface area contributed by atoms with E-state index in [0.29, 0.717) is 17.2 Å². The van der Waals surface area contributed by atoms with Crippen molar-refractivity contribution in [1.82, 2.24) is 15.2 Å². The second-order valence-corrected chi connectivity index (χ2v) is 8.02. The van der Waals surface area contributed by atoms with Gasteiger partial charge in [-0.25, -0.2) is 0 Å². The Bertz CT molecular complexity index is 1120. The average Bonchev–Trinajstić information content (AvgIpc) is 3.36. The molecule has 2 aromatic carbocycles. The van der Waals surface area contributed by atoms with E-state index >= 15 is 0 Å². The number of amides is 1. The van der Waals surface area contributed by atoms with E-state index in [1.54, 1.807) is 17.3 Å². The van der Waals surface area contributed by atoms with Crippen molar-refractivity contribution in [2.45, 2.75) is 24.9 Å². The van der Waals surface area contributed by atoms with Crippen molar-refractivity contribution in [2.75, 3.05) is 6.54 Å². The molecule has 2 bridgehead atoms. The highest BCUT2D eigenvalue weighted by molar-refractivity contribution is 5.95. The Balaban J connectivity index is 1.32. The monoisotopic (exact) mass is 410 g/mol. The average molecular weight is 410 g/mol. The number of fused-ring (bicyclic) bond motifs is 2. The van der Waals surface area contributed by atoms with Gasteiger partial charge in [0.1, 0.15) is 5.75 Å². The molecule has 1 saturated carbocycles. The molecule has 154 valence electrons. The molecular weight excluding hydrogens is 388 g/mol. The number of benzene rings is 2. The van der Waals surface area contributed by atoms with Crippen molar-refractivity contribution >= 4 is 5.91 Å². The number of nitrogens with one attached hydrogen (secondary N) is 1. The SMILES string of the molecule is N#CN1CC2CCC1[C@@H]2NC(=O)c1ccc(-c2ccncc2Oc2ccccc2)cc1. The molecule has 2 aliphatic rings. The van der Waals surface area contributed by atoms with Gasteiger partial charge in [0.05, 0.1) is 18.3 Å². The molecule has 1 saturated heterocycles. The van der Waals surface area contributed by atoms with Gasteiger partial charge in [0, 0.05) is 23.9 Å². The first-order chi connectivity index (χ1) is 15.2. The Labute approximate surface area is 181 Å². The number of carbonyl (C=O) groups is 1. The standard InChI is InChI=1S/C25H22N4O2/c26-16-29-15-19-10-11-22(29)24(19)28-25(30)18-8-6-17(7-9-18)21-12-13-27-14-23(21)31-20-4-2-1-3-5-20/h1-9,12-14,19,22,24H,10-11,15H2,(H,28,30)/t19?,22?,24-/m1/s1. The first-order valence-electron chi connectivity index (χ1n) is 10.5.